The van der Waals surface area contributed by atoms with Crippen LogP contribution in [0.2, 0.25) is 0 Å². The first-order valence-electron chi connectivity index (χ1n) is 6.51. The van der Waals surface area contributed by atoms with Crippen LogP contribution in [-0.2, 0) is 0 Å². The van der Waals surface area contributed by atoms with Crippen molar-refractivity contribution in [1.82, 2.24) is 14.9 Å². The third-order valence-electron chi connectivity index (χ3n) is 3.63. The Kier molecular flexibility index (Phi) is 3.21. The predicted molar refractivity (Wildman–Crippen MR) is 75.8 cm³/mol. The minimum Gasteiger partial charge on any atom is -0.496 e. The van der Waals surface area contributed by atoms with Gasteiger partial charge in [-0.1, -0.05) is 6.07 Å². The molecule has 0 amide bonds. The first kappa shape index (κ1) is 12.2. The molecule has 2 heterocycles. The van der Waals surface area contributed by atoms with Gasteiger partial charge in [-0.3, -0.25) is 0 Å². The second-order valence-electron chi connectivity index (χ2n) is 4.84. The van der Waals surface area contributed by atoms with Crippen LogP contribution in [0.15, 0.2) is 24.5 Å². The number of methoxy groups -OCH3 is 1. The maximum atomic E-state index is 5.46. The molecule has 2 aromatic rings. The van der Waals surface area contributed by atoms with E-state index in [-0.39, 0.29) is 0 Å². The van der Waals surface area contributed by atoms with Crippen LogP contribution in [-0.4, -0.2) is 55.2 Å². The smallest absolute Gasteiger partial charge is 0.143 e. The third-order valence-corrected chi connectivity index (χ3v) is 3.63. The first-order valence-corrected chi connectivity index (χ1v) is 6.51. The van der Waals surface area contributed by atoms with Gasteiger partial charge in [0, 0.05) is 26.2 Å². The Morgan fingerprint density at radius 3 is 2.63 bits per heavy atom. The molecule has 1 fully saturated rings. The van der Waals surface area contributed by atoms with E-state index >= 15 is 0 Å². The van der Waals surface area contributed by atoms with Crippen molar-refractivity contribution < 1.29 is 4.74 Å². The van der Waals surface area contributed by atoms with E-state index in [1.54, 1.807) is 13.4 Å². The van der Waals surface area contributed by atoms with Crippen molar-refractivity contribution in [1.29, 1.82) is 0 Å². The Labute approximate surface area is 112 Å². The molecule has 100 valence electrons. The normalized spacial score (nSPS) is 16.8. The van der Waals surface area contributed by atoms with Crippen LogP contribution in [0.25, 0.3) is 10.9 Å². The summed E-state index contributed by atoms with van der Waals surface area (Å²) < 4.78 is 5.46. The molecule has 5 nitrogen and oxygen atoms in total. The third kappa shape index (κ3) is 2.21. The highest BCUT2D eigenvalue weighted by molar-refractivity contribution is 5.94. The Balaban J connectivity index is 2.07. The number of piperazine rings is 1. The lowest BCUT2D eigenvalue weighted by molar-refractivity contribution is 0.312. The number of anilines is 1. The molecule has 0 atom stereocenters. The number of nitrogens with zero attached hydrogens (tertiary/aromatic N) is 4. The zero-order chi connectivity index (χ0) is 13.2. The van der Waals surface area contributed by atoms with E-state index in [2.05, 4.69) is 26.8 Å². The van der Waals surface area contributed by atoms with Crippen molar-refractivity contribution in [2.75, 3.05) is 45.2 Å². The first-order chi connectivity index (χ1) is 9.29. The Bertz CT molecular complexity index is 573. The van der Waals surface area contributed by atoms with Crippen LogP contribution in [0.1, 0.15) is 0 Å². The number of hydrogen-bond acceptors (Lipinski definition) is 5. The van der Waals surface area contributed by atoms with Crippen LogP contribution in [0.5, 0.6) is 5.75 Å². The Morgan fingerprint density at radius 1 is 1.11 bits per heavy atom. The lowest BCUT2D eigenvalue weighted by atomic mass is 10.2. The van der Waals surface area contributed by atoms with Crippen molar-refractivity contribution >= 4 is 16.7 Å². The van der Waals surface area contributed by atoms with Gasteiger partial charge >= 0.3 is 0 Å². The molecular weight excluding hydrogens is 240 g/mol. The molecule has 0 radical (unpaired) electrons. The van der Waals surface area contributed by atoms with Gasteiger partial charge in [0.1, 0.15) is 17.9 Å². The standard InChI is InChI=1S/C14H18N4O/c1-17-6-8-18(9-7-17)14-13-11(15-10-16-14)4-3-5-12(13)19-2/h3-5,10H,6-9H2,1-2H3. The fourth-order valence-electron chi connectivity index (χ4n) is 2.49. The largest absolute Gasteiger partial charge is 0.496 e. The van der Waals surface area contributed by atoms with Gasteiger partial charge in [-0.05, 0) is 19.2 Å². The monoisotopic (exact) mass is 258 g/mol. The summed E-state index contributed by atoms with van der Waals surface area (Å²) in [5.74, 6) is 1.82. The molecule has 0 N–H and O–H groups in total. The highest BCUT2D eigenvalue weighted by atomic mass is 16.5. The highest BCUT2D eigenvalue weighted by Crippen LogP contribution is 2.31. The number of likely N-dealkylation sites (N-methyl/N-ethyl adjacent to an activating group) is 1. The molecule has 19 heavy (non-hydrogen) atoms. The molecule has 0 spiro atoms. The van der Waals surface area contributed by atoms with E-state index in [9.17, 15) is 0 Å². The minimum absolute atomic E-state index is 0.840. The molecule has 1 saturated heterocycles. The van der Waals surface area contributed by atoms with Crippen LogP contribution < -0.4 is 9.64 Å². The van der Waals surface area contributed by atoms with Crippen molar-refractivity contribution in [2.24, 2.45) is 0 Å². The van der Waals surface area contributed by atoms with Crippen molar-refractivity contribution in [2.45, 2.75) is 0 Å². The summed E-state index contributed by atoms with van der Waals surface area (Å²) >= 11 is 0. The van der Waals surface area contributed by atoms with E-state index in [4.69, 9.17) is 4.74 Å². The summed E-state index contributed by atoms with van der Waals surface area (Å²) in [5, 5.41) is 1.01. The highest BCUT2D eigenvalue weighted by Gasteiger charge is 2.19. The summed E-state index contributed by atoms with van der Waals surface area (Å²) in [4.78, 5) is 13.5. The molecule has 0 bridgehead atoms. The van der Waals surface area contributed by atoms with Gasteiger partial charge in [0.05, 0.1) is 18.0 Å². The predicted octanol–water partition coefficient (Wildman–Crippen LogP) is 1.39. The maximum absolute atomic E-state index is 5.46. The molecule has 5 heteroatoms. The molecule has 1 aliphatic heterocycles. The van der Waals surface area contributed by atoms with Gasteiger partial charge in [0.2, 0.25) is 0 Å². The molecule has 3 rings (SSSR count). The molecule has 1 aliphatic rings. The van der Waals surface area contributed by atoms with Gasteiger partial charge in [0.15, 0.2) is 0 Å². The molecule has 0 unspecified atom stereocenters. The summed E-state index contributed by atoms with van der Waals surface area (Å²) in [6.45, 7) is 4.09. The maximum Gasteiger partial charge on any atom is 0.143 e. The van der Waals surface area contributed by atoms with Crippen molar-refractivity contribution in [3.63, 3.8) is 0 Å². The number of benzene rings is 1. The van der Waals surface area contributed by atoms with Crippen LogP contribution in [0.3, 0.4) is 0 Å². The topological polar surface area (TPSA) is 41.5 Å². The second-order valence-corrected chi connectivity index (χ2v) is 4.84. The number of fused-ring (bicyclic) bond motifs is 1. The molecule has 0 saturated carbocycles. The second kappa shape index (κ2) is 5.01. The van der Waals surface area contributed by atoms with Gasteiger partial charge in [-0.2, -0.15) is 0 Å². The molecular formula is C14H18N4O. The van der Waals surface area contributed by atoms with Crippen LogP contribution >= 0.6 is 0 Å². The summed E-state index contributed by atoms with van der Waals surface area (Å²) in [6.07, 6.45) is 1.63. The lowest BCUT2D eigenvalue weighted by Gasteiger charge is -2.33. The lowest BCUT2D eigenvalue weighted by Crippen LogP contribution is -2.44. The van der Waals surface area contributed by atoms with Crippen LogP contribution in [0.4, 0.5) is 5.82 Å². The van der Waals surface area contributed by atoms with Crippen molar-refractivity contribution in [3.05, 3.63) is 24.5 Å². The number of aromatic nitrogens is 2. The molecule has 0 aliphatic carbocycles. The van der Waals surface area contributed by atoms with Gasteiger partial charge in [-0.15, -0.1) is 0 Å². The zero-order valence-corrected chi connectivity index (χ0v) is 11.3. The summed E-state index contributed by atoms with van der Waals surface area (Å²) in [6, 6.07) is 5.92. The summed E-state index contributed by atoms with van der Waals surface area (Å²) in [5.41, 5.74) is 0.934. The SMILES string of the molecule is COc1cccc2ncnc(N3CCN(C)CC3)c12. The fourth-order valence-corrected chi connectivity index (χ4v) is 2.49. The van der Waals surface area contributed by atoms with Crippen molar-refractivity contribution in [3.8, 4) is 5.75 Å². The Hall–Kier alpha value is -1.88. The molecule has 1 aromatic heterocycles. The van der Waals surface area contributed by atoms with Gasteiger partial charge in [-0.25, -0.2) is 9.97 Å². The minimum atomic E-state index is 0.840. The van der Waals surface area contributed by atoms with E-state index in [1.807, 2.05) is 18.2 Å². The van der Waals surface area contributed by atoms with E-state index in [1.165, 1.54) is 0 Å². The number of rotatable bonds is 2. The van der Waals surface area contributed by atoms with E-state index < -0.39 is 0 Å². The van der Waals surface area contributed by atoms with Crippen LogP contribution in [0, 0.1) is 0 Å². The summed E-state index contributed by atoms with van der Waals surface area (Å²) in [7, 11) is 3.84. The fraction of sp³-hybridized carbons (Fsp3) is 0.429. The quantitative estimate of drug-likeness (QED) is 0.814. The Morgan fingerprint density at radius 2 is 1.89 bits per heavy atom. The average molecular weight is 258 g/mol. The number of ether oxygens (including phenoxy) is 1. The molecule has 1 aromatic carbocycles. The van der Waals surface area contributed by atoms with Gasteiger partial charge < -0.3 is 14.5 Å². The van der Waals surface area contributed by atoms with E-state index in [0.717, 1.165) is 48.6 Å². The average Bonchev–Trinajstić information content (AvgIpc) is 2.47. The van der Waals surface area contributed by atoms with Gasteiger partial charge in [0.25, 0.3) is 0 Å². The van der Waals surface area contributed by atoms with E-state index in [0.29, 0.717) is 0 Å². The number of hydrogen-bond donors (Lipinski definition) is 0. The zero-order valence-electron chi connectivity index (χ0n) is 11.3.